The van der Waals surface area contributed by atoms with E-state index in [4.69, 9.17) is 23.0 Å². The number of benzene rings is 2. The van der Waals surface area contributed by atoms with Crippen molar-refractivity contribution in [1.29, 1.82) is 0 Å². The summed E-state index contributed by atoms with van der Waals surface area (Å²) in [5.41, 5.74) is 20.3. The summed E-state index contributed by atoms with van der Waals surface area (Å²) >= 11 is 0. The highest BCUT2D eigenvalue weighted by molar-refractivity contribution is 5.95. The van der Waals surface area contributed by atoms with Crippen molar-refractivity contribution in [3.8, 4) is 34.7 Å². The smallest absolute Gasteiger partial charge is 0.138 e. The molecule has 0 aliphatic carbocycles. The summed E-state index contributed by atoms with van der Waals surface area (Å²) in [6, 6.07) is 19.9. The Balaban J connectivity index is 0.000000483. The Hall–Kier alpha value is -4.90. The van der Waals surface area contributed by atoms with Gasteiger partial charge in [0, 0.05) is 78.5 Å². The standard InChI is InChI=1S/C41H54N4O.C16H28N2.C2H6/c1-9-11-21-41(7,8)27-36-35-26-33(19-20-37(35)45(10-2)39(36)34-18-14-22-43-38(34)28(3)4)32-17-12-16-31(25-32)24-30(6)40(46)29(5)15-13-23-44-42;1-6-13(4)18-10-15(11-18)7-8-16(14(5)17)9-12(2)3;1-2/h1,12,14,16-20,22,25-26,28-30,44H,10-11,13,15,21,23-24,27,42H2,2-8H3;6,12,15-16H,1,4-5,7-11,17H2,2-3H3;1-2H3. The molecule has 0 saturated carbocycles. The highest BCUT2D eigenvalue weighted by atomic mass is 16.1. The maximum absolute atomic E-state index is 13.1. The number of Topliss-reactive ketones (excluding diaryl/α,β-unsaturated/α-hetero) is 1. The molecule has 5 N–H and O–H groups in total. The van der Waals surface area contributed by atoms with Gasteiger partial charge in [0.05, 0.1) is 11.4 Å². The van der Waals surface area contributed by atoms with Crippen LogP contribution in [0, 0.1) is 47.3 Å². The first kappa shape index (κ1) is 55.4. The first-order chi connectivity index (χ1) is 31.4. The zero-order valence-corrected chi connectivity index (χ0v) is 43.1. The summed E-state index contributed by atoms with van der Waals surface area (Å²) in [5.74, 6) is 10.9. The van der Waals surface area contributed by atoms with Crippen molar-refractivity contribution in [2.45, 2.75) is 146 Å². The number of carbonyl (C=O) groups excluding carboxylic acids is 1. The second-order valence-corrected chi connectivity index (χ2v) is 20.1. The zero-order chi connectivity index (χ0) is 49.1. The molecule has 3 atom stereocenters. The number of likely N-dealkylation sites (tertiary alicyclic amines) is 1. The number of fused-ring (bicyclic) bond motifs is 1. The van der Waals surface area contributed by atoms with Crippen LogP contribution in [0.25, 0.3) is 33.3 Å². The van der Waals surface area contributed by atoms with Gasteiger partial charge >= 0.3 is 0 Å². The molecule has 1 aliphatic heterocycles. The van der Waals surface area contributed by atoms with E-state index in [1.54, 1.807) is 0 Å². The predicted octanol–water partition coefficient (Wildman–Crippen LogP) is 13.7. The minimum absolute atomic E-state index is 0.0325. The third-order valence-corrected chi connectivity index (χ3v) is 13.3. The summed E-state index contributed by atoms with van der Waals surface area (Å²) in [4.78, 5) is 20.3. The summed E-state index contributed by atoms with van der Waals surface area (Å²) < 4.78 is 2.48. The molecule has 0 bridgehead atoms. The first-order valence-corrected chi connectivity index (χ1v) is 25.1. The van der Waals surface area contributed by atoms with Crippen LogP contribution in [0.2, 0.25) is 0 Å². The van der Waals surface area contributed by atoms with Crippen LogP contribution < -0.4 is 17.0 Å². The number of nitrogens with zero attached hydrogens (tertiary/aromatic N) is 3. The van der Waals surface area contributed by atoms with Crippen LogP contribution in [0.15, 0.2) is 98.0 Å². The summed E-state index contributed by atoms with van der Waals surface area (Å²) in [6.07, 6.45) is 18.2. The molecule has 0 radical (unpaired) electrons. The molecule has 3 unspecified atom stereocenters. The van der Waals surface area contributed by atoms with Crippen LogP contribution in [-0.2, 0) is 24.2 Å². The van der Waals surface area contributed by atoms with Crippen molar-refractivity contribution in [2.75, 3.05) is 19.6 Å². The lowest BCUT2D eigenvalue weighted by Gasteiger charge is -2.42. The van der Waals surface area contributed by atoms with Crippen LogP contribution in [0.3, 0.4) is 0 Å². The van der Waals surface area contributed by atoms with Gasteiger partial charge in [0.25, 0.3) is 0 Å². The van der Waals surface area contributed by atoms with E-state index in [0.29, 0.717) is 23.5 Å². The molecular weight excluding hydrogens is 809 g/mol. The van der Waals surface area contributed by atoms with Gasteiger partial charge in [-0.2, -0.15) is 0 Å². The zero-order valence-electron chi connectivity index (χ0n) is 43.1. The molecule has 2 aromatic carbocycles. The number of nitrogens with one attached hydrogen (secondary N) is 1. The average Bonchev–Trinajstić information content (AvgIpc) is 3.58. The Morgan fingerprint density at radius 3 is 2.30 bits per heavy atom. The lowest BCUT2D eigenvalue weighted by Crippen LogP contribution is -2.45. The van der Waals surface area contributed by atoms with E-state index in [9.17, 15) is 4.79 Å². The monoisotopic (exact) mass is 897 g/mol. The van der Waals surface area contributed by atoms with Crippen molar-refractivity contribution in [1.82, 2.24) is 19.9 Å². The van der Waals surface area contributed by atoms with E-state index in [2.05, 4.69) is 151 Å². The number of aryl methyl sites for hydroxylation is 1. The number of allylic oxidation sites excluding steroid dienone is 2. The molecule has 1 saturated heterocycles. The van der Waals surface area contributed by atoms with Gasteiger partial charge in [-0.25, -0.2) is 0 Å². The maximum atomic E-state index is 13.1. The minimum Gasteiger partial charge on any atom is -0.402 e. The van der Waals surface area contributed by atoms with E-state index >= 15 is 0 Å². The van der Waals surface area contributed by atoms with Gasteiger partial charge in [0.2, 0.25) is 0 Å². The van der Waals surface area contributed by atoms with Gasteiger partial charge in [-0.1, -0.05) is 119 Å². The number of aromatic nitrogens is 2. The first-order valence-electron chi connectivity index (χ1n) is 25.1. The van der Waals surface area contributed by atoms with E-state index in [1.807, 2.05) is 33.0 Å². The van der Waals surface area contributed by atoms with Gasteiger partial charge in [0.1, 0.15) is 5.78 Å². The topological polar surface area (TPSA) is 102 Å². The summed E-state index contributed by atoms with van der Waals surface area (Å²) in [5, 5.41) is 1.29. The number of rotatable bonds is 24. The molecule has 4 aromatic rings. The molecule has 1 aliphatic rings. The third-order valence-electron chi connectivity index (χ3n) is 13.3. The van der Waals surface area contributed by atoms with Crippen molar-refractivity contribution in [3.63, 3.8) is 0 Å². The van der Waals surface area contributed by atoms with Crippen LogP contribution in [0.1, 0.15) is 144 Å². The Morgan fingerprint density at radius 2 is 1.70 bits per heavy atom. The number of carbonyl (C=O) groups is 1. The van der Waals surface area contributed by atoms with Crippen molar-refractivity contribution in [3.05, 3.63) is 115 Å². The van der Waals surface area contributed by atoms with E-state index in [-0.39, 0.29) is 17.3 Å². The number of terminal acetylenes is 1. The third kappa shape index (κ3) is 15.6. The van der Waals surface area contributed by atoms with E-state index in [1.165, 1.54) is 57.3 Å². The van der Waals surface area contributed by atoms with Crippen molar-refractivity contribution >= 4 is 16.7 Å². The molecule has 360 valence electrons. The fraction of sp³-hybridized carbons (Fsp3) is 0.525. The van der Waals surface area contributed by atoms with Crippen LogP contribution in [-0.4, -0.2) is 39.9 Å². The fourth-order valence-electron chi connectivity index (χ4n) is 9.52. The number of hydrogen-bond donors (Lipinski definition) is 3. The highest BCUT2D eigenvalue weighted by Gasteiger charge is 2.29. The second-order valence-electron chi connectivity index (χ2n) is 20.1. The van der Waals surface area contributed by atoms with Gasteiger partial charge in [-0.3, -0.25) is 21.0 Å². The SMILES string of the molecule is C#CCCC(C)(C)Cc1c(-c2cccnc2C(C)C)n(CC)c2ccc(-c3cccc(CC(C)C(=O)C(C)CCCNN)c3)cc12.C=CC(=C)N1CC(CCC(CC(C)C)C(=C)N)C1.CC. The van der Waals surface area contributed by atoms with Crippen LogP contribution in [0.5, 0.6) is 0 Å². The predicted molar refractivity (Wildman–Crippen MR) is 286 cm³/mol. The largest absolute Gasteiger partial charge is 0.402 e. The quantitative estimate of drug-likeness (QED) is 0.0213. The lowest BCUT2D eigenvalue weighted by molar-refractivity contribution is -0.126. The van der Waals surface area contributed by atoms with Crippen molar-refractivity contribution < 1.29 is 4.79 Å². The van der Waals surface area contributed by atoms with Crippen molar-refractivity contribution in [2.24, 2.45) is 46.6 Å². The Morgan fingerprint density at radius 1 is 1.00 bits per heavy atom. The van der Waals surface area contributed by atoms with E-state index < -0.39 is 0 Å². The summed E-state index contributed by atoms with van der Waals surface area (Å²) in [6.45, 7) is 39.4. The van der Waals surface area contributed by atoms with Gasteiger partial charge in [0.15, 0.2) is 0 Å². The molecule has 7 heteroatoms. The Bertz CT molecular complexity index is 2210. The molecule has 5 rings (SSSR count). The van der Waals surface area contributed by atoms with Crippen LogP contribution in [0.4, 0.5) is 0 Å². The number of ketones is 1. The van der Waals surface area contributed by atoms with Gasteiger partial charge < -0.3 is 15.2 Å². The number of nitrogens with two attached hydrogens (primary N) is 2. The molecule has 2 aromatic heterocycles. The normalized spacial score (nSPS) is 14.0. The maximum Gasteiger partial charge on any atom is 0.138 e. The fourth-order valence-corrected chi connectivity index (χ4v) is 9.52. The van der Waals surface area contributed by atoms with Gasteiger partial charge in [-0.05, 0) is 140 Å². The highest BCUT2D eigenvalue weighted by Crippen LogP contribution is 2.42. The second kappa shape index (κ2) is 27.0. The Labute approximate surface area is 402 Å². The summed E-state index contributed by atoms with van der Waals surface area (Å²) in [7, 11) is 0. The molecular formula is C59H88N6O. The van der Waals surface area contributed by atoms with Gasteiger partial charge in [-0.15, -0.1) is 12.3 Å². The number of pyridine rings is 1. The molecule has 0 spiro atoms. The van der Waals surface area contributed by atoms with Crippen LogP contribution >= 0.6 is 0 Å². The van der Waals surface area contributed by atoms with E-state index in [0.717, 1.165) is 94.1 Å². The minimum atomic E-state index is -0.0359. The molecule has 1 fully saturated rings. The molecule has 7 nitrogen and oxygen atoms in total. The average molecular weight is 897 g/mol. The molecule has 0 amide bonds. The lowest BCUT2D eigenvalue weighted by atomic mass is 9.80. The molecule has 66 heavy (non-hydrogen) atoms. The number of hydrazine groups is 1. The number of hydrogen-bond acceptors (Lipinski definition) is 6. The Kier molecular flexibility index (Phi) is 22.7. The molecule has 3 heterocycles.